The Labute approximate surface area is 127 Å². The molecule has 1 aliphatic rings. The third-order valence-electron chi connectivity index (χ3n) is 4.03. The van der Waals surface area contributed by atoms with Gasteiger partial charge in [0.1, 0.15) is 5.56 Å². The molecule has 0 radical (unpaired) electrons. The predicted octanol–water partition coefficient (Wildman–Crippen LogP) is 2.89. The van der Waals surface area contributed by atoms with Gasteiger partial charge in [0.25, 0.3) is 11.5 Å². The summed E-state index contributed by atoms with van der Waals surface area (Å²) in [7, 11) is 0. The lowest BCUT2D eigenvalue weighted by molar-refractivity contribution is 0.0655. The topological polar surface area (TPSA) is 53.2 Å². The van der Waals surface area contributed by atoms with Crippen molar-refractivity contribution in [3.05, 3.63) is 55.6 Å². The largest absolute Gasteiger partial charge is 0.331 e. The fraction of sp³-hybridized carbons (Fsp3) is 0.375. The predicted molar refractivity (Wildman–Crippen MR) is 83.9 cm³/mol. The molecule has 0 aromatic carbocycles. The first-order valence-electron chi connectivity index (χ1n) is 7.19. The lowest BCUT2D eigenvalue weighted by Gasteiger charge is -2.35. The maximum absolute atomic E-state index is 12.7. The Balaban J connectivity index is 1.96. The molecule has 1 atom stereocenters. The summed E-state index contributed by atoms with van der Waals surface area (Å²) in [6.45, 7) is 4.57. The zero-order valence-corrected chi connectivity index (χ0v) is 13.0. The number of thiophene rings is 1. The van der Waals surface area contributed by atoms with E-state index in [0.717, 1.165) is 18.5 Å². The van der Waals surface area contributed by atoms with Gasteiger partial charge in [-0.15, -0.1) is 11.3 Å². The van der Waals surface area contributed by atoms with Gasteiger partial charge in [0.2, 0.25) is 0 Å². The number of aromatic amines is 1. The molecule has 0 aliphatic carbocycles. The molecule has 1 N–H and O–H groups in total. The van der Waals surface area contributed by atoms with Gasteiger partial charge in [0.05, 0.1) is 6.04 Å². The quantitative estimate of drug-likeness (QED) is 0.927. The van der Waals surface area contributed by atoms with Crippen LogP contribution >= 0.6 is 11.3 Å². The first kappa shape index (κ1) is 14.1. The molecule has 3 heterocycles. The van der Waals surface area contributed by atoms with Gasteiger partial charge in [-0.25, -0.2) is 0 Å². The van der Waals surface area contributed by atoms with Crippen molar-refractivity contribution in [2.45, 2.75) is 32.7 Å². The number of fused-ring (bicyclic) bond motifs is 1. The van der Waals surface area contributed by atoms with Gasteiger partial charge in [-0.2, -0.15) is 0 Å². The van der Waals surface area contributed by atoms with Crippen LogP contribution in [-0.4, -0.2) is 22.3 Å². The number of hydrogen-bond acceptors (Lipinski definition) is 3. The molecule has 21 heavy (non-hydrogen) atoms. The second-order valence-corrected chi connectivity index (χ2v) is 6.36. The van der Waals surface area contributed by atoms with Crippen molar-refractivity contribution in [1.29, 1.82) is 0 Å². The number of pyridine rings is 1. The van der Waals surface area contributed by atoms with Gasteiger partial charge in [0, 0.05) is 17.1 Å². The van der Waals surface area contributed by atoms with Crippen molar-refractivity contribution >= 4 is 17.2 Å². The van der Waals surface area contributed by atoms with Gasteiger partial charge >= 0.3 is 0 Å². The van der Waals surface area contributed by atoms with Crippen molar-refractivity contribution in [2.75, 3.05) is 6.54 Å². The molecular weight excluding hydrogens is 284 g/mol. The van der Waals surface area contributed by atoms with Gasteiger partial charge in [-0.05, 0) is 48.9 Å². The van der Waals surface area contributed by atoms with Crippen molar-refractivity contribution in [2.24, 2.45) is 0 Å². The molecule has 0 saturated carbocycles. The van der Waals surface area contributed by atoms with Crippen molar-refractivity contribution < 1.29 is 4.79 Å². The van der Waals surface area contributed by atoms with Gasteiger partial charge in [-0.1, -0.05) is 6.92 Å². The number of aromatic nitrogens is 1. The van der Waals surface area contributed by atoms with Crippen molar-refractivity contribution in [1.82, 2.24) is 9.88 Å². The first-order valence-corrected chi connectivity index (χ1v) is 8.07. The van der Waals surface area contributed by atoms with Crippen molar-refractivity contribution in [3.8, 4) is 0 Å². The van der Waals surface area contributed by atoms with E-state index in [1.165, 1.54) is 10.4 Å². The zero-order valence-electron chi connectivity index (χ0n) is 12.2. The van der Waals surface area contributed by atoms with E-state index in [4.69, 9.17) is 0 Å². The Morgan fingerprint density at radius 1 is 1.43 bits per heavy atom. The van der Waals surface area contributed by atoms with Crippen LogP contribution in [0.25, 0.3) is 0 Å². The van der Waals surface area contributed by atoms with Crippen LogP contribution in [0.5, 0.6) is 0 Å². The molecule has 0 spiro atoms. The summed E-state index contributed by atoms with van der Waals surface area (Å²) in [4.78, 5) is 30.7. The van der Waals surface area contributed by atoms with Gasteiger partial charge < -0.3 is 9.88 Å². The Bertz CT molecular complexity index is 732. The molecule has 2 aromatic heterocycles. The third-order valence-corrected chi connectivity index (χ3v) is 5.02. The summed E-state index contributed by atoms with van der Waals surface area (Å²) in [6, 6.07) is 5.59. The van der Waals surface area contributed by atoms with Crippen LogP contribution in [0.1, 0.15) is 45.9 Å². The summed E-state index contributed by atoms with van der Waals surface area (Å²) >= 11 is 1.75. The summed E-state index contributed by atoms with van der Waals surface area (Å²) in [5, 5.41) is 2.08. The molecule has 110 valence electrons. The number of nitrogens with zero attached hydrogens (tertiary/aromatic N) is 1. The Morgan fingerprint density at radius 2 is 2.24 bits per heavy atom. The highest BCUT2D eigenvalue weighted by Crippen LogP contribution is 2.35. The summed E-state index contributed by atoms with van der Waals surface area (Å²) in [5.41, 5.74) is 1.94. The monoisotopic (exact) mass is 302 g/mol. The Morgan fingerprint density at radius 3 is 2.95 bits per heavy atom. The first-order chi connectivity index (χ1) is 10.1. The van der Waals surface area contributed by atoms with E-state index in [2.05, 4.69) is 23.4 Å². The SMILES string of the molecule is CCC1c2ccsc2CCN1C(=O)c1ccc(C)[nH]c1=O. The highest BCUT2D eigenvalue weighted by atomic mass is 32.1. The van der Waals surface area contributed by atoms with Crippen LogP contribution in [0, 0.1) is 6.92 Å². The second kappa shape index (κ2) is 5.48. The number of amides is 1. The fourth-order valence-electron chi connectivity index (χ4n) is 2.97. The molecular formula is C16H18N2O2S. The van der Waals surface area contributed by atoms with E-state index in [0.29, 0.717) is 6.54 Å². The maximum atomic E-state index is 12.7. The van der Waals surface area contributed by atoms with E-state index in [9.17, 15) is 9.59 Å². The minimum atomic E-state index is -0.300. The maximum Gasteiger partial charge on any atom is 0.260 e. The summed E-state index contributed by atoms with van der Waals surface area (Å²) < 4.78 is 0. The molecule has 5 heteroatoms. The summed E-state index contributed by atoms with van der Waals surface area (Å²) in [5.74, 6) is -0.167. The van der Waals surface area contributed by atoms with E-state index < -0.39 is 0 Å². The van der Waals surface area contributed by atoms with Crippen LogP contribution < -0.4 is 5.56 Å². The summed E-state index contributed by atoms with van der Waals surface area (Å²) in [6.07, 6.45) is 1.73. The number of hydrogen-bond donors (Lipinski definition) is 1. The number of aryl methyl sites for hydroxylation is 1. The van der Waals surface area contributed by atoms with E-state index in [1.54, 1.807) is 23.5 Å². The van der Waals surface area contributed by atoms with E-state index in [1.807, 2.05) is 11.8 Å². The number of rotatable bonds is 2. The fourth-order valence-corrected chi connectivity index (χ4v) is 3.90. The van der Waals surface area contributed by atoms with E-state index in [-0.39, 0.29) is 23.1 Å². The number of H-pyrrole nitrogens is 1. The molecule has 1 amide bonds. The molecule has 1 unspecified atom stereocenters. The number of carbonyl (C=O) groups is 1. The van der Waals surface area contributed by atoms with Gasteiger partial charge in [0.15, 0.2) is 0 Å². The lowest BCUT2D eigenvalue weighted by Crippen LogP contribution is -2.41. The van der Waals surface area contributed by atoms with Gasteiger partial charge in [-0.3, -0.25) is 9.59 Å². The Hall–Kier alpha value is -1.88. The van der Waals surface area contributed by atoms with Crippen LogP contribution in [0.4, 0.5) is 0 Å². The molecule has 1 aliphatic heterocycles. The minimum Gasteiger partial charge on any atom is -0.331 e. The molecule has 0 saturated heterocycles. The standard InChI is InChI=1S/C16H18N2O2S/c1-3-13-11-7-9-21-14(11)6-8-18(13)16(20)12-5-4-10(2)17-15(12)19/h4-5,7,9,13H,3,6,8H2,1-2H3,(H,17,19). The lowest BCUT2D eigenvalue weighted by atomic mass is 9.97. The highest BCUT2D eigenvalue weighted by Gasteiger charge is 2.31. The highest BCUT2D eigenvalue weighted by molar-refractivity contribution is 7.10. The van der Waals surface area contributed by atoms with Crippen LogP contribution in [0.2, 0.25) is 0 Å². The minimum absolute atomic E-state index is 0.0770. The normalized spacial score (nSPS) is 17.6. The Kier molecular flexibility index (Phi) is 3.68. The molecule has 3 rings (SSSR count). The molecule has 2 aromatic rings. The molecule has 0 bridgehead atoms. The molecule has 4 nitrogen and oxygen atoms in total. The smallest absolute Gasteiger partial charge is 0.260 e. The van der Waals surface area contributed by atoms with Crippen LogP contribution in [0.3, 0.4) is 0 Å². The average molecular weight is 302 g/mol. The molecule has 0 fully saturated rings. The number of nitrogens with one attached hydrogen (secondary N) is 1. The van der Waals surface area contributed by atoms with Crippen LogP contribution in [-0.2, 0) is 6.42 Å². The second-order valence-electron chi connectivity index (χ2n) is 5.36. The third kappa shape index (κ3) is 2.42. The average Bonchev–Trinajstić information content (AvgIpc) is 2.94. The number of carbonyl (C=O) groups excluding carboxylic acids is 1. The van der Waals surface area contributed by atoms with E-state index >= 15 is 0 Å². The van der Waals surface area contributed by atoms with Crippen molar-refractivity contribution in [3.63, 3.8) is 0 Å². The zero-order chi connectivity index (χ0) is 15.0. The van der Waals surface area contributed by atoms with Crippen LogP contribution in [0.15, 0.2) is 28.4 Å².